The van der Waals surface area contributed by atoms with Gasteiger partial charge in [-0.2, -0.15) is 13.2 Å². The second kappa shape index (κ2) is 6.76. The first-order valence-electron chi connectivity index (χ1n) is 6.82. The number of halogens is 3. The largest absolute Gasteiger partial charge is 0.389 e. The molecule has 0 bridgehead atoms. The Hall–Kier alpha value is -1.82. The van der Waals surface area contributed by atoms with Crippen molar-refractivity contribution in [2.24, 2.45) is 5.73 Å². The Balaban J connectivity index is 1.96. The molecule has 0 saturated carbocycles. The summed E-state index contributed by atoms with van der Waals surface area (Å²) < 4.78 is 38.3. The van der Waals surface area contributed by atoms with E-state index in [1.165, 1.54) is 6.33 Å². The van der Waals surface area contributed by atoms with E-state index in [2.05, 4.69) is 4.98 Å². The van der Waals surface area contributed by atoms with Crippen LogP contribution in [0.15, 0.2) is 42.9 Å². The monoisotopic (exact) mass is 297 g/mol. The smallest absolute Gasteiger partial charge is 0.333 e. The first kappa shape index (κ1) is 15.6. The molecule has 1 heterocycles. The molecule has 0 radical (unpaired) electrons. The van der Waals surface area contributed by atoms with E-state index in [4.69, 9.17) is 5.73 Å². The zero-order valence-electron chi connectivity index (χ0n) is 11.6. The average Bonchev–Trinajstić information content (AvgIpc) is 2.87. The summed E-state index contributed by atoms with van der Waals surface area (Å²) >= 11 is 0. The lowest BCUT2D eigenvalue weighted by Gasteiger charge is -2.15. The van der Waals surface area contributed by atoms with Crippen molar-refractivity contribution in [1.82, 2.24) is 9.55 Å². The number of aromatic nitrogens is 2. The average molecular weight is 297 g/mol. The summed E-state index contributed by atoms with van der Waals surface area (Å²) in [6.07, 6.45) is -1.08. The van der Waals surface area contributed by atoms with Crippen LogP contribution in [0.3, 0.4) is 0 Å². The van der Waals surface area contributed by atoms with Crippen molar-refractivity contribution in [3.63, 3.8) is 0 Å². The molecule has 1 aromatic heterocycles. The number of hydrogen-bond acceptors (Lipinski definition) is 2. The molecule has 1 aromatic carbocycles. The van der Waals surface area contributed by atoms with Crippen molar-refractivity contribution in [2.45, 2.75) is 38.0 Å². The van der Waals surface area contributed by atoms with Crippen molar-refractivity contribution in [3.8, 4) is 0 Å². The van der Waals surface area contributed by atoms with E-state index in [0.717, 1.165) is 11.3 Å². The first-order valence-corrected chi connectivity index (χ1v) is 6.82. The van der Waals surface area contributed by atoms with Crippen molar-refractivity contribution >= 4 is 0 Å². The predicted octanol–water partition coefficient (Wildman–Crippen LogP) is 3.47. The summed E-state index contributed by atoms with van der Waals surface area (Å²) in [6, 6.07) is 9.47. The topological polar surface area (TPSA) is 43.8 Å². The Morgan fingerprint density at radius 1 is 1.19 bits per heavy atom. The Morgan fingerprint density at radius 3 is 2.57 bits per heavy atom. The van der Waals surface area contributed by atoms with Gasteiger partial charge in [-0.05, 0) is 18.4 Å². The highest BCUT2D eigenvalue weighted by atomic mass is 19.4. The van der Waals surface area contributed by atoms with Gasteiger partial charge < -0.3 is 10.3 Å². The minimum absolute atomic E-state index is 0.0327. The fourth-order valence-corrected chi connectivity index (χ4v) is 2.25. The van der Waals surface area contributed by atoms with Crippen LogP contribution in [-0.4, -0.2) is 15.7 Å². The summed E-state index contributed by atoms with van der Waals surface area (Å²) in [5.74, 6) is 0. The van der Waals surface area contributed by atoms with Crippen molar-refractivity contribution in [3.05, 3.63) is 54.1 Å². The van der Waals surface area contributed by atoms with E-state index in [1.54, 1.807) is 10.8 Å². The van der Waals surface area contributed by atoms with Gasteiger partial charge >= 0.3 is 6.18 Å². The van der Waals surface area contributed by atoms with Gasteiger partial charge in [0.2, 0.25) is 0 Å². The number of hydrogen-bond donors (Lipinski definition) is 1. The zero-order valence-corrected chi connectivity index (χ0v) is 11.6. The van der Waals surface area contributed by atoms with Gasteiger partial charge in [-0.3, -0.25) is 0 Å². The maximum atomic E-state index is 12.2. The molecule has 0 spiro atoms. The van der Waals surface area contributed by atoms with Gasteiger partial charge in [-0.1, -0.05) is 30.3 Å². The number of aryl methyl sites for hydroxylation is 1. The van der Waals surface area contributed by atoms with Crippen LogP contribution in [0.25, 0.3) is 0 Å². The van der Waals surface area contributed by atoms with Crippen LogP contribution < -0.4 is 5.73 Å². The molecule has 2 aromatic rings. The number of nitrogens with zero attached hydrogens (tertiary/aromatic N) is 2. The third kappa shape index (κ3) is 4.90. The minimum atomic E-state index is -4.12. The number of imidazole rings is 1. The van der Waals surface area contributed by atoms with E-state index >= 15 is 0 Å². The van der Waals surface area contributed by atoms with Gasteiger partial charge in [0, 0.05) is 19.2 Å². The Kier molecular flexibility index (Phi) is 5.01. The highest BCUT2D eigenvalue weighted by Crippen LogP contribution is 2.22. The van der Waals surface area contributed by atoms with Crippen LogP contribution in [0.1, 0.15) is 30.1 Å². The standard InChI is InChI=1S/C15H18F3N3/c16-15(17,18)7-4-8-21-11-20-10-14(21)13(19)9-12-5-2-1-3-6-12/h1-3,5-6,10-11,13H,4,7-9,19H2/t13-/m1/s1. The van der Waals surface area contributed by atoms with E-state index in [-0.39, 0.29) is 19.0 Å². The summed E-state index contributed by atoms with van der Waals surface area (Å²) in [7, 11) is 0. The van der Waals surface area contributed by atoms with Crippen LogP contribution in [0.4, 0.5) is 13.2 Å². The highest BCUT2D eigenvalue weighted by Gasteiger charge is 2.26. The normalized spacial score (nSPS) is 13.3. The SMILES string of the molecule is N[C@H](Cc1ccccc1)c1cncn1CCCC(F)(F)F. The van der Waals surface area contributed by atoms with Crippen LogP contribution in [0, 0.1) is 0 Å². The fourth-order valence-electron chi connectivity index (χ4n) is 2.25. The van der Waals surface area contributed by atoms with Gasteiger partial charge in [0.15, 0.2) is 0 Å². The number of nitrogens with two attached hydrogens (primary N) is 1. The Morgan fingerprint density at radius 2 is 1.90 bits per heavy atom. The van der Waals surface area contributed by atoms with E-state index in [9.17, 15) is 13.2 Å². The van der Waals surface area contributed by atoms with Crippen LogP contribution >= 0.6 is 0 Å². The molecule has 114 valence electrons. The van der Waals surface area contributed by atoms with E-state index < -0.39 is 12.6 Å². The summed E-state index contributed by atoms with van der Waals surface area (Å²) in [4.78, 5) is 4.00. The van der Waals surface area contributed by atoms with Crippen LogP contribution in [-0.2, 0) is 13.0 Å². The Bertz CT molecular complexity index is 549. The molecule has 0 saturated heterocycles. The molecule has 0 amide bonds. The molecule has 2 rings (SSSR count). The van der Waals surface area contributed by atoms with E-state index in [0.29, 0.717) is 6.42 Å². The van der Waals surface area contributed by atoms with Crippen molar-refractivity contribution in [2.75, 3.05) is 0 Å². The van der Waals surface area contributed by atoms with E-state index in [1.807, 2.05) is 30.3 Å². The maximum absolute atomic E-state index is 12.2. The third-order valence-electron chi connectivity index (χ3n) is 3.28. The third-order valence-corrected chi connectivity index (χ3v) is 3.28. The quantitative estimate of drug-likeness (QED) is 0.887. The molecule has 3 nitrogen and oxygen atoms in total. The molecule has 0 aliphatic carbocycles. The number of benzene rings is 1. The van der Waals surface area contributed by atoms with Gasteiger partial charge in [0.05, 0.1) is 18.1 Å². The number of alkyl halides is 3. The van der Waals surface area contributed by atoms with Crippen LogP contribution in [0.2, 0.25) is 0 Å². The second-order valence-electron chi connectivity index (χ2n) is 5.03. The Labute approximate surface area is 121 Å². The lowest BCUT2D eigenvalue weighted by Crippen LogP contribution is -2.18. The van der Waals surface area contributed by atoms with Crippen molar-refractivity contribution in [1.29, 1.82) is 0 Å². The minimum Gasteiger partial charge on any atom is -0.333 e. The van der Waals surface area contributed by atoms with Gasteiger partial charge in [0.1, 0.15) is 0 Å². The number of rotatable bonds is 6. The summed E-state index contributed by atoms with van der Waals surface area (Å²) in [5, 5.41) is 0. The van der Waals surface area contributed by atoms with Crippen LogP contribution in [0.5, 0.6) is 0 Å². The van der Waals surface area contributed by atoms with Gasteiger partial charge in [0.25, 0.3) is 0 Å². The predicted molar refractivity (Wildman–Crippen MR) is 74.6 cm³/mol. The molecule has 21 heavy (non-hydrogen) atoms. The molecule has 1 atom stereocenters. The summed E-state index contributed by atoms with van der Waals surface area (Å²) in [5.41, 5.74) is 8.00. The molecule has 0 aliphatic rings. The molecule has 0 fully saturated rings. The first-order chi connectivity index (χ1) is 9.96. The highest BCUT2D eigenvalue weighted by molar-refractivity contribution is 5.18. The molecule has 6 heteroatoms. The fraction of sp³-hybridized carbons (Fsp3) is 0.400. The van der Waals surface area contributed by atoms with Crippen molar-refractivity contribution < 1.29 is 13.2 Å². The maximum Gasteiger partial charge on any atom is 0.389 e. The molecular weight excluding hydrogens is 279 g/mol. The zero-order chi connectivity index (χ0) is 15.3. The molecule has 2 N–H and O–H groups in total. The molecule has 0 unspecified atom stereocenters. The summed E-state index contributed by atoms with van der Waals surface area (Å²) in [6.45, 7) is 0.275. The lowest BCUT2D eigenvalue weighted by molar-refractivity contribution is -0.135. The lowest BCUT2D eigenvalue weighted by atomic mass is 10.0. The van der Waals surface area contributed by atoms with Gasteiger partial charge in [-0.25, -0.2) is 4.98 Å². The molecular formula is C15H18F3N3. The molecule has 0 aliphatic heterocycles. The van der Waals surface area contributed by atoms with Gasteiger partial charge in [-0.15, -0.1) is 0 Å². The second-order valence-corrected chi connectivity index (χ2v) is 5.03.